The second-order valence-corrected chi connectivity index (χ2v) is 11.8. The van der Waals surface area contributed by atoms with Crippen LogP contribution in [0.4, 0.5) is 0 Å². The van der Waals surface area contributed by atoms with E-state index in [4.69, 9.17) is 18.9 Å². The Morgan fingerprint density at radius 3 is 2.03 bits per heavy atom. The molecular weight excluding hydrogens is 488 g/mol. The molecule has 0 aromatic carbocycles. The van der Waals surface area contributed by atoms with Crippen LogP contribution in [-0.2, 0) is 33.3 Å². The molecule has 37 heavy (non-hydrogen) atoms. The van der Waals surface area contributed by atoms with Crippen LogP contribution < -0.4 is 0 Å². The van der Waals surface area contributed by atoms with Crippen molar-refractivity contribution in [1.82, 2.24) is 0 Å². The van der Waals surface area contributed by atoms with Gasteiger partial charge in [-0.3, -0.25) is 14.4 Å². The summed E-state index contributed by atoms with van der Waals surface area (Å²) in [5.74, 6) is -3.21. The molecule has 4 aliphatic rings. The lowest BCUT2D eigenvalue weighted by Crippen LogP contribution is -2.79. The first-order chi connectivity index (χ1) is 16.9. The van der Waals surface area contributed by atoms with Gasteiger partial charge < -0.3 is 39.4 Å². The number of ether oxygens (including phenoxy) is 4. The predicted octanol–water partition coefficient (Wildman–Crippen LogP) is 0.151. The van der Waals surface area contributed by atoms with E-state index in [0.29, 0.717) is 5.57 Å². The van der Waals surface area contributed by atoms with E-state index in [2.05, 4.69) is 0 Å². The number of hydrogen-bond acceptors (Lipinski definition) is 11. The molecule has 208 valence electrons. The van der Waals surface area contributed by atoms with Crippen molar-refractivity contribution < 1.29 is 53.8 Å². The highest BCUT2D eigenvalue weighted by Crippen LogP contribution is 2.68. The maximum atomic E-state index is 12.6. The average Bonchev–Trinajstić information content (AvgIpc) is 2.99. The monoisotopic (exact) mass is 526 g/mol. The van der Waals surface area contributed by atoms with Crippen molar-refractivity contribution in [2.75, 3.05) is 6.61 Å². The third-order valence-electron chi connectivity index (χ3n) is 9.32. The zero-order chi connectivity index (χ0) is 27.9. The van der Waals surface area contributed by atoms with Gasteiger partial charge in [0.05, 0.1) is 35.7 Å². The maximum Gasteiger partial charge on any atom is 0.303 e. The van der Waals surface area contributed by atoms with E-state index in [0.717, 1.165) is 0 Å². The van der Waals surface area contributed by atoms with Crippen molar-refractivity contribution in [3.63, 3.8) is 0 Å². The number of carbonyl (C=O) groups is 3. The SMILES string of the molecule is CC(=O)OC1C(O)C2=C(C)C(O)CC2(C(C)(C)O)C(OC(C)=O)C2C3(OC(C)=O)COC3CC(O)C12C. The topological polar surface area (TPSA) is 169 Å². The lowest BCUT2D eigenvalue weighted by molar-refractivity contribution is -0.352. The zero-order valence-corrected chi connectivity index (χ0v) is 22.3. The summed E-state index contributed by atoms with van der Waals surface area (Å²) in [6.45, 7) is 9.64. The van der Waals surface area contributed by atoms with Crippen LogP contribution in [0, 0.1) is 16.7 Å². The van der Waals surface area contributed by atoms with Gasteiger partial charge in [-0.15, -0.1) is 0 Å². The Morgan fingerprint density at radius 2 is 1.57 bits per heavy atom. The summed E-state index contributed by atoms with van der Waals surface area (Å²) in [5, 5.41) is 46.3. The quantitative estimate of drug-likeness (QED) is 0.223. The fourth-order valence-corrected chi connectivity index (χ4v) is 7.78. The molecule has 0 radical (unpaired) electrons. The average molecular weight is 527 g/mol. The lowest BCUT2D eigenvalue weighted by atomic mass is 9.49. The highest BCUT2D eigenvalue weighted by molar-refractivity contribution is 5.68. The highest BCUT2D eigenvalue weighted by atomic mass is 16.6. The molecule has 11 heteroatoms. The van der Waals surface area contributed by atoms with E-state index in [1.54, 1.807) is 13.8 Å². The summed E-state index contributed by atoms with van der Waals surface area (Å²) >= 11 is 0. The molecule has 4 N–H and O–H groups in total. The van der Waals surface area contributed by atoms with Crippen LogP contribution in [0.3, 0.4) is 0 Å². The molecule has 2 saturated carbocycles. The van der Waals surface area contributed by atoms with Gasteiger partial charge in [-0.25, -0.2) is 0 Å². The van der Waals surface area contributed by atoms with Gasteiger partial charge in [-0.2, -0.15) is 0 Å². The van der Waals surface area contributed by atoms with Crippen LogP contribution in [0.15, 0.2) is 11.1 Å². The molecule has 11 nitrogen and oxygen atoms in total. The normalized spacial score (nSPS) is 45.0. The van der Waals surface area contributed by atoms with Crippen LogP contribution in [0.5, 0.6) is 0 Å². The number of aliphatic hydroxyl groups excluding tert-OH is 3. The van der Waals surface area contributed by atoms with E-state index in [-0.39, 0.29) is 25.0 Å². The Labute approximate surface area is 215 Å². The van der Waals surface area contributed by atoms with Crippen molar-refractivity contribution >= 4 is 17.9 Å². The van der Waals surface area contributed by atoms with E-state index < -0.39 is 82.5 Å². The Morgan fingerprint density at radius 1 is 1.00 bits per heavy atom. The highest BCUT2D eigenvalue weighted by Gasteiger charge is 2.79. The van der Waals surface area contributed by atoms with Crippen molar-refractivity contribution in [3.05, 3.63) is 11.1 Å². The molecule has 3 aliphatic carbocycles. The standard InChI is InChI=1S/C26H38O11/c1-11-15(30)9-25(23(5,6)33)18(11)19(32)21(35-12(2)27)24(7)16(31)8-17-26(10-34-17,37-14(4)29)20(24)22(25)36-13(3)28/h15-17,19-22,30-33H,8-10H2,1-7H3. The molecule has 0 aromatic rings. The minimum Gasteiger partial charge on any atom is -0.461 e. The Balaban J connectivity index is 2.14. The van der Waals surface area contributed by atoms with Gasteiger partial charge in [0.15, 0.2) is 5.60 Å². The Hall–Kier alpha value is -2.05. The molecule has 0 spiro atoms. The molecule has 1 saturated heterocycles. The molecule has 10 atom stereocenters. The number of rotatable bonds is 4. The van der Waals surface area contributed by atoms with Crippen molar-refractivity contribution in [1.29, 1.82) is 0 Å². The summed E-state index contributed by atoms with van der Waals surface area (Å²) < 4.78 is 23.4. The minimum atomic E-state index is -1.71. The van der Waals surface area contributed by atoms with Gasteiger partial charge in [0.25, 0.3) is 0 Å². The maximum absolute atomic E-state index is 12.6. The van der Waals surface area contributed by atoms with Crippen LogP contribution in [-0.4, -0.2) is 92.8 Å². The summed E-state index contributed by atoms with van der Waals surface area (Å²) in [7, 11) is 0. The summed E-state index contributed by atoms with van der Waals surface area (Å²) in [5.41, 5.74) is -5.79. The van der Waals surface area contributed by atoms with E-state index in [1.807, 2.05) is 0 Å². The van der Waals surface area contributed by atoms with Crippen molar-refractivity contribution in [3.8, 4) is 0 Å². The van der Waals surface area contributed by atoms with Crippen LogP contribution in [0.2, 0.25) is 0 Å². The van der Waals surface area contributed by atoms with Crippen LogP contribution in [0.1, 0.15) is 61.3 Å². The van der Waals surface area contributed by atoms with Gasteiger partial charge in [0.1, 0.15) is 24.4 Å². The van der Waals surface area contributed by atoms with Gasteiger partial charge in [-0.05, 0) is 38.3 Å². The lowest BCUT2D eigenvalue weighted by Gasteiger charge is -2.65. The first-order valence-corrected chi connectivity index (χ1v) is 12.6. The minimum absolute atomic E-state index is 0.00622. The van der Waals surface area contributed by atoms with Gasteiger partial charge in [0, 0.05) is 32.6 Å². The third-order valence-corrected chi connectivity index (χ3v) is 9.32. The molecule has 10 unspecified atom stereocenters. The van der Waals surface area contributed by atoms with Gasteiger partial charge in [-0.1, -0.05) is 6.92 Å². The number of hydrogen-bond donors (Lipinski definition) is 4. The molecular formula is C26H38O11. The molecule has 1 heterocycles. The third kappa shape index (κ3) is 3.69. The number of carbonyl (C=O) groups excluding carboxylic acids is 3. The summed E-state index contributed by atoms with van der Waals surface area (Å²) in [6.07, 6.45) is -7.63. The van der Waals surface area contributed by atoms with Crippen LogP contribution in [0.25, 0.3) is 0 Å². The smallest absolute Gasteiger partial charge is 0.303 e. The molecule has 0 amide bonds. The zero-order valence-electron chi connectivity index (χ0n) is 22.3. The molecule has 0 bridgehead atoms. The number of esters is 3. The van der Waals surface area contributed by atoms with Crippen molar-refractivity contribution in [2.24, 2.45) is 16.7 Å². The first-order valence-electron chi connectivity index (χ1n) is 12.6. The fraction of sp³-hybridized carbons (Fsp3) is 0.808. The Bertz CT molecular complexity index is 1030. The Kier molecular flexibility index (Phi) is 6.61. The second-order valence-electron chi connectivity index (χ2n) is 11.8. The molecule has 0 aromatic heterocycles. The predicted molar refractivity (Wildman–Crippen MR) is 126 cm³/mol. The van der Waals surface area contributed by atoms with Gasteiger partial charge in [0.2, 0.25) is 0 Å². The van der Waals surface area contributed by atoms with E-state index >= 15 is 0 Å². The van der Waals surface area contributed by atoms with E-state index in [1.165, 1.54) is 34.6 Å². The molecule has 3 fully saturated rings. The molecule has 4 rings (SSSR count). The fourth-order valence-electron chi connectivity index (χ4n) is 7.78. The number of aliphatic hydroxyl groups is 4. The second kappa shape index (κ2) is 8.74. The first kappa shape index (κ1) is 28.0. The largest absolute Gasteiger partial charge is 0.461 e. The summed E-state index contributed by atoms with van der Waals surface area (Å²) in [6, 6.07) is 0. The van der Waals surface area contributed by atoms with Crippen molar-refractivity contribution in [2.45, 2.75) is 109 Å². The number of fused-ring (bicyclic) bond motifs is 4. The van der Waals surface area contributed by atoms with Gasteiger partial charge >= 0.3 is 17.9 Å². The van der Waals surface area contributed by atoms with Crippen LogP contribution >= 0.6 is 0 Å². The van der Waals surface area contributed by atoms with E-state index in [9.17, 15) is 34.8 Å². The summed E-state index contributed by atoms with van der Waals surface area (Å²) in [4.78, 5) is 37.4. The molecule has 1 aliphatic heterocycles.